The minimum atomic E-state index is -4.74. The molecule has 2 fully saturated rings. The molecule has 2 aliphatic rings. The number of ether oxygens (including phenoxy) is 5. The Bertz CT molecular complexity index is 1580. The van der Waals surface area contributed by atoms with Crippen LogP contribution in [0.3, 0.4) is 0 Å². The molecule has 2 saturated heterocycles. The van der Waals surface area contributed by atoms with Crippen LogP contribution in [0.1, 0.15) is 28.5 Å². The van der Waals surface area contributed by atoms with Crippen molar-refractivity contribution in [2.24, 2.45) is 0 Å². The van der Waals surface area contributed by atoms with E-state index in [1.54, 1.807) is 0 Å². The average Bonchev–Trinajstić information content (AvgIpc) is 3.11. The van der Waals surface area contributed by atoms with Crippen LogP contribution in [0.15, 0.2) is 121 Å². The summed E-state index contributed by atoms with van der Waals surface area (Å²) in [7, 11) is -4.74. The van der Waals surface area contributed by atoms with E-state index in [0.29, 0.717) is 25.1 Å². The molecule has 2 heterocycles. The topological polar surface area (TPSA) is 110 Å². The van der Waals surface area contributed by atoms with Crippen molar-refractivity contribution in [1.82, 2.24) is 0 Å². The van der Waals surface area contributed by atoms with Crippen molar-refractivity contribution in [3.63, 3.8) is 0 Å². The summed E-state index contributed by atoms with van der Waals surface area (Å²) in [5.74, 6) is 0. The Kier molecular flexibility index (Phi) is 12.5. The summed E-state index contributed by atoms with van der Waals surface area (Å²) in [5, 5.41) is 2.10. The van der Waals surface area contributed by atoms with Crippen LogP contribution in [0.5, 0.6) is 0 Å². The Morgan fingerprint density at radius 1 is 0.646 bits per heavy atom. The summed E-state index contributed by atoms with van der Waals surface area (Å²) in [6.45, 7) is 1.21. The van der Waals surface area contributed by atoms with Gasteiger partial charge in [-0.3, -0.25) is 0 Å². The molecule has 0 amide bonds. The molecule has 7 atom stereocenters. The van der Waals surface area contributed by atoms with E-state index in [9.17, 15) is 13.0 Å². The predicted molar refractivity (Wildman–Crippen MR) is 183 cm³/mol. The molecule has 1 N–H and O–H groups in total. The summed E-state index contributed by atoms with van der Waals surface area (Å²) in [6.07, 6.45) is -3.18. The van der Waals surface area contributed by atoms with E-state index < -0.39 is 42.8 Å². The maximum atomic E-state index is 11.8. The quantitative estimate of drug-likeness (QED) is 0.118. The molecule has 0 saturated carbocycles. The molecule has 0 spiro atoms. The van der Waals surface area contributed by atoms with E-state index in [1.165, 1.54) is 0 Å². The monoisotopic (exact) mass is 742 g/mol. The maximum absolute atomic E-state index is 11.8. The first-order chi connectivity index (χ1) is 23.4. The summed E-state index contributed by atoms with van der Waals surface area (Å²) >= 11 is -1.89. The van der Waals surface area contributed by atoms with E-state index in [-0.39, 0.29) is 24.9 Å². The molecule has 48 heavy (non-hydrogen) atoms. The third-order valence-electron chi connectivity index (χ3n) is 8.39. The molecule has 9 nitrogen and oxygen atoms in total. The van der Waals surface area contributed by atoms with E-state index in [4.69, 9.17) is 27.9 Å². The third kappa shape index (κ3) is 10.3. The minimum absolute atomic E-state index is 0.0447. The zero-order chi connectivity index (χ0) is 33.2. The van der Waals surface area contributed by atoms with Gasteiger partial charge in [-0.25, -0.2) is 0 Å². The summed E-state index contributed by atoms with van der Waals surface area (Å²) < 4.78 is 70.7. The van der Waals surface area contributed by atoms with Gasteiger partial charge in [0, 0.05) is 0 Å². The number of benzene rings is 4. The molecule has 2 aliphatic heterocycles. The second-order valence-corrected chi connectivity index (χ2v) is 18.1. The predicted octanol–water partition coefficient (Wildman–Crippen LogP) is 6.29. The van der Waals surface area contributed by atoms with Gasteiger partial charge in [-0.2, -0.15) is 0 Å². The Hall–Kier alpha value is -2.93. The first-order valence-corrected chi connectivity index (χ1v) is 21.4. The molecule has 4 aromatic carbocycles. The summed E-state index contributed by atoms with van der Waals surface area (Å²) in [6, 6.07) is 39.7. The first kappa shape index (κ1) is 34.9. The molecule has 0 bridgehead atoms. The van der Waals surface area contributed by atoms with Gasteiger partial charge in [-0.15, -0.1) is 0 Å². The zero-order valence-corrected chi connectivity index (χ0v) is 29.2. The van der Waals surface area contributed by atoms with Crippen LogP contribution in [-0.4, -0.2) is 64.0 Å². The number of rotatable bonds is 14. The molecule has 6 rings (SSSR count). The molecular weight excluding hydrogens is 699 g/mol. The van der Waals surface area contributed by atoms with Crippen LogP contribution in [0.4, 0.5) is 0 Å². The van der Waals surface area contributed by atoms with Crippen molar-refractivity contribution in [1.29, 1.82) is 0 Å². The second-order valence-electron chi connectivity index (χ2n) is 12.0. The molecule has 0 aromatic heterocycles. The number of hydrogen-bond acceptors (Lipinski definition) is 8. The van der Waals surface area contributed by atoms with E-state index in [0.717, 1.165) is 32.9 Å². The van der Waals surface area contributed by atoms with Gasteiger partial charge in [-0.05, 0) is 0 Å². The zero-order valence-electron chi connectivity index (χ0n) is 26.5. The first-order valence-electron chi connectivity index (χ1n) is 16.1. The molecule has 3 unspecified atom stereocenters. The van der Waals surface area contributed by atoms with Gasteiger partial charge in [0.25, 0.3) is 0 Å². The standard InChI is InChI=1S/C37H42O9SSe/c38-47(39,40)46-32-24-44-37(31-19-11-4-12-20-31)45-33(32)25-48-26-34(41-21-28-13-5-1-6-14-28)36(43-23-30-17-9-3-10-18-30)35(27-48)42-22-29-15-7-2-8-16-29/h1-20,32-37,48H,21-27H2,(H,38,39,40)/t32-,33+,34-,35+,36?,37?/m0/s1. The van der Waals surface area contributed by atoms with Crippen LogP contribution in [-0.2, 0) is 58.1 Å². The summed E-state index contributed by atoms with van der Waals surface area (Å²) in [5.41, 5.74) is 4.01. The molecule has 256 valence electrons. The Labute approximate surface area is 286 Å². The van der Waals surface area contributed by atoms with Gasteiger partial charge in [0.2, 0.25) is 0 Å². The van der Waals surface area contributed by atoms with Crippen molar-refractivity contribution in [2.75, 3.05) is 6.61 Å². The van der Waals surface area contributed by atoms with Crippen LogP contribution >= 0.6 is 0 Å². The van der Waals surface area contributed by atoms with Gasteiger partial charge in [0.05, 0.1) is 0 Å². The Morgan fingerprint density at radius 3 is 1.58 bits per heavy atom. The fourth-order valence-electron chi connectivity index (χ4n) is 6.03. The second kappa shape index (κ2) is 17.1. The molecule has 11 heteroatoms. The normalized spacial score (nSPS) is 27.0. The van der Waals surface area contributed by atoms with E-state index in [2.05, 4.69) is 0 Å². The molecule has 0 radical (unpaired) electrons. The van der Waals surface area contributed by atoms with Crippen molar-refractivity contribution in [3.8, 4) is 0 Å². The van der Waals surface area contributed by atoms with E-state index >= 15 is 0 Å². The molecule has 4 aromatic rings. The third-order valence-corrected chi connectivity index (χ3v) is 14.4. The molecular formula is C37H42O9SSe. The van der Waals surface area contributed by atoms with Crippen LogP contribution in [0.2, 0.25) is 16.0 Å². The Morgan fingerprint density at radius 2 is 1.10 bits per heavy atom. The van der Waals surface area contributed by atoms with Crippen LogP contribution in [0, 0.1) is 0 Å². The van der Waals surface area contributed by atoms with Crippen molar-refractivity contribution in [3.05, 3.63) is 144 Å². The number of hydrogen-bond donors (Lipinski definition) is 1. The van der Waals surface area contributed by atoms with Crippen molar-refractivity contribution >= 4 is 24.3 Å². The fraction of sp³-hybridized carbons (Fsp3) is 0.351. The van der Waals surface area contributed by atoms with Crippen molar-refractivity contribution in [2.45, 2.75) is 72.6 Å². The SMILES string of the molecule is O=S(=O)(O)O[C@H]1COC(c2ccccc2)O[C@@H]1C[SeH]1C[C@H](OCc2ccccc2)C(OCc2ccccc2)[C@H](OCc2ccccc2)C1. The van der Waals surface area contributed by atoms with E-state index in [1.807, 2.05) is 121 Å². The van der Waals surface area contributed by atoms with Crippen molar-refractivity contribution < 1.29 is 40.8 Å². The van der Waals surface area contributed by atoms with Gasteiger partial charge < -0.3 is 0 Å². The van der Waals surface area contributed by atoms with Gasteiger partial charge in [0.1, 0.15) is 0 Å². The molecule has 0 aliphatic carbocycles. The van der Waals surface area contributed by atoms with Gasteiger partial charge in [0.15, 0.2) is 0 Å². The van der Waals surface area contributed by atoms with Gasteiger partial charge in [-0.1, -0.05) is 0 Å². The van der Waals surface area contributed by atoms with Crippen LogP contribution in [0.25, 0.3) is 0 Å². The fourth-order valence-corrected chi connectivity index (χ4v) is 12.7. The van der Waals surface area contributed by atoms with Crippen LogP contribution < -0.4 is 0 Å². The Balaban J connectivity index is 1.25. The average molecular weight is 742 g/mol. The van der Waals surface area contributed by atoms with Gasteiger partial charge >= 0.3 is 288 Å². The summed E-state index contributed by atoms with van der Waals surface area (Å²) in [4.78, 5) is 0.